The van der Waals surface area contributed by atoms with Crippen LogP contribution in [0.1, 0.15) is 21.5 Å². The minimum Gasteiger partial charge on any atom is -0.367 e. The Morgan fingerprint density at radius 3 is 3.04 bits per heavy atom. The molecule has 1 aromatic carbocycles. The summed E-state index contributed by atoms with van der Waals surface area (Å²) < 4.78 is 5.73. The van der Waals surface area contributed by atoms with Gasteiger partial charge in [0.1, 0.15) is 16.8 Å². The smallest absolute Gasteiger partial charge is 0.293 e. The minimum absolute atomic E-state index is 0.0871. The van der Waals surface area contributed by atoms with Crippen LogP contribution in [0.5, 0.6) is 0 Å². The van der Waals surface area contributed by atoms with Gasteiger partial charge in [0.05, 0.1) is 18.1 Å². The summed E-state index contributed by atoms with van der Waals surface area (Å²) in [7, 11) is 1.49. The Morgan fingerprint density at radius 2 is 2.38 bits per heavy atom. The molecule has 1 aliphatic rings. The number of nitro benzene ring substituents is 1. The zero-order valence-corrected chi connectivity index (χ0v) is 13.8. The molecule has 1 unspecified atom stereocenters. The number of hydrogen-bond acceptors (Lipinski definition) is 7. The Bertz CT molecular complexity index is 750. The molecule has 9 heteroatoms. The second-order valence-corrected chi connectivity index (χ2v) is 6.14. The number of morpholine rings is 1. The van der Waals surface area contributed by atoms with Crippen molar-refractivity contribution in [3.05, 3.63) is 50.5 Å². The van der Waals surface area contributed by atoms with Gasteiger partial charge >= 0.3 is 0 Å². The van der Waals surface area contributed by atoms with E-state index in [2.05, 4.69) is 10.3 Å². The predicted octanol–water partition coefficient (Wildman–Crippen LogP) is 1.99. The van der Waals surface area contributed by atoms with E-state index in [0.717, 1.165) is 5.01 Å². The summed E-state index contributed by atoms with van der Waals surface area (Å²) in [6, 6.07) is 4.52. The normalized spacial score (nSPS) is 17.5. The van der Waals surface area contributed by atoms with Crippen LogP contribution in [-0.4, -0.2) is 42.6 Å². The number of rotatable bonds is 4. The first-order valence-corrected chi connectivity index (χ1v) is 8.24. The van der Waals surface area contributed by atoms with Gasteiger partial charge in [-0.15, -0.1) is 11.3 Å². The maximum Gasteiger partial charge on any atom is 0.293 e. The van der Waals surface area contributed by atoms with Gasteiger partial charge in [-0.1, -0.05) is 0 Å². The molecule has 1 aromatic heterocycles. The number of nitrogens with one attached hydrogen (secondary N) is 1. The molecule has 1 N–H and O–H groups in total. The molecule has 126 valence electrons. The third kappa shape index (κ3) is 3.22. The first-order valence-electron chi connectivity index (χ1n) is 7.36. The number of carbonyl (C=O) groups excluding carboxylic acids is 1. The van der Waals surface area contributed by atoms with Gasteiger partial charge in [0.2, 0.25) is 0 Å². The van der Waals surface area contributed by atoms with Crippen molar-refractivity contribution in [3.63, 3.8) is 0 Å². The Morgan fingerprint density at radius 1 is 1.54 bits per heavy atom. The number of thiazole rings is 1. The average Bonchev–Trinajstić information content (AvgIpc) is 3.15. The first kappa shape index (κ1) is 16.3. The minimum atomic E-state index is -0.463. The molecule has 1 saturated heterocycles. The maximum atomic E-state index is 11.7. The summed E-state index contributed by atoms with van der Waals surface area (Å²) in [4.78, 5) is 28.8. The van der Waals surface area contributed by atoms with Gasteiger partial charge in [0, 0.05) is 36.8 Å². The van der Waals surface area contributed by atoms with Crippen molar-refractivity contribution in [2.75, 3.05) is 31.6 Å². The van der Waals surface area contributed by atoms with Crippen LogP contribution in [0.3, 0.4) is 0 Å². The number of ether oxygens (including phenoxy) is 1. The van der Waals surface area contributed by atoms with E-state index in [1.807, 2.05) is 10.3 Å². The van der Waals surface area contributed by atoms with Crippen molar-refractivity contribution in [1.29, 1.82) is 0 Å². The number of aromatic nitrogens is 1. The number of anilines is 1. The Labute approximate surface area is 142 Å². The van der Waals surface area contributed by atoms with E-state index in [9.17, 15) is 14.9 Å². The second kappa shape index (κ2) is 6.93. The van der Waals surface area contributed by atoms with Crippen molar-refractivity contribution in [1.82, 2.24) is 10.3 Å². The molecule has 0 saturated carbocycles. The van der Waals surface area contributed by atoms with Crippen molar-refractivity contribution < 1.29 is 14.5 Å². The standard InChI is InChI=1S/C15H16N4O4S/c1-16-14(20)10-2-3-11(12(8-10)19(21)22)18-5-6-23-13(9-18)15-17-4-7-24-15/h2-4,7-8,13H,5-6,9H2,1H3,(H,16,20). The third-order valence-electron chi connectivity index (χ3n) is 3.80. The van der Waals surface area contributed by atoms with Crippen LogP contribution in [0.2, 0.25) is 0 Å². The van der Waals surface area contributed by atoms with Crippen LogP contribution < -0.4 is 10.2 Å². The lowest BCUT2D eigenvalue weighted by atomic mass is 10.1. The van der Waals surface area contributed by atoms with Gasteiger partial charge in [-0.05, 0) is 12.1 Å². The molecule has 1 fully saturated rings. The molecule has 0 aliphatic carbocycles. The van der Waals surface area contributed by atoms with Gasteiger partial charge in [0.15, 0.2) is 0 Å². The van der Waals surface area contributed by atoms with Crippen LogP contribution in [0, 0.1) is 10.1 Å². The summed E-state index contributed by atoms with van der Waals surface area (Å²) in [5.74, 6) is -0.354. The van der Waals surface area contributed by atoms with Crippen molar-refractivity contribution in [3.8, 4) is 0 Å². The lowest BCUT2D eigenvalue weighted by molar-refractivity contribution is -0.384. The monoisotopic (exact) mass is 348 g/mol. The highest BCUT2D eigenvalue weighted by atomic mass is 32.1. The molecule has 24 heavy (non-hydrogen) atoms. The van der Waals surface area contributed by atoms with Gasteiger partial charge in [-0.3, -0.25) is 14.9 Å². The van der Waals surface area contributed by atoms with E-state index in [1.54, 1.807) is 18.3 Å². The van der Waals surface area contributed by atoms with E-state index >= 15 is 0 Å². The van der Waals surface area contributed by atoms with Crippen LogP contribution >= 0.6 is 11.3 Å². The van der Waals surface area contributed by atoms with Crippen molar-refractivity contribution >= 4 is 28.6 Å². The molecule has 0 bridgehead atoms. The van der Waals surface area contributed by atoms with Crippen LogP contribution in [0.4, 0.5) is 11.4 Å². The fourth-order valence-corrected chi connectivity index (χ4v) is 3.31. The van der Waals surface area contributed by atoms with Gasteiger partial charge in [-0.25, -0.2) is 4.98 Å². The van der Waals surface area contributed by atoms with E-state index in [4.69, 9.17) is 4.74 Å². The second-order valence-electron chi connectivity index (χ2n) is 5.22. The highest BCUT2D eigenvalue weighted by Gasteiger charge is 2.28. The number of nitrogens with zero attached hydrogens (tertiary/aromatic N) is 3. The summed E-state index contributed by atoms with van der Waals surface area (Å²) in [5.41, 5.74) is 0.658. The molecule has 1 aliphatic heterocycles. The zero-order chi connectivity index (χ0) is 17.1. The highest BCUT2D eigenvalue weighted by molar-refractivity contribution is 7.09. The molecule has 8 nitrogen and oxygen atoms in total. The molecule has 1 amide bonds. The summed E-state index contributed by atoms with van der Waals surface area (Å²) >= 11 is 1.50. The van der Waals surface area contributed by atoms with Gasteiger partial charge < -0.3 is 15.0 Å². The number of carbonyl (C=O) groups is 1. The average molecular weight is 348 g/mol. The molecule has 0 spiro atoms. The largest absolute Gasteiger partial charge is 0.367 e. The quantitative estimate of drug-likeness (QED) is 0.670. The van der Waals surface area contributed by atoms with Crippen molar-refractivity contribution in [2.45, 2.75) is 6.10 Å². The summed E-state index contributed by atoms with van der Waals surface area (Å²) in [5, 5.41) is 16.6. The Kier molecular flexibility index (Phi) is 4.72. The lowest BCUT2D eigenvalue weighted by Gasteiger charge is -2.33. The van der Waals surface area contributed by atoms with E-state index in [-0.39, 0.29) is 23.3 Å². The van der Waals surface area contributed by atoms with Crippen LogP contribution in [0.15, 0.2) is 29.8 Å². The maximum absolute atomic E-state index is 11.7. The molecule has 3 rings (SSSR count). The topological polar surface area (TPSA) is 97.6 Å². The van der Waals surface area contributed by atoms with Gasteiger partial charge in [0.25, 0.3) is 11.6 Å². The third-order valence-corrected chi connectivity index (χ3v) is 4.66. The molecular formula is C15H16N4O4S. The zero-order valence-electron chi connectivity index (χ0n) is 13.0. The fraction of sp³-hybridized carbons (Fsp3) is 0.333. The molecule has 2 aromatic rings. The number of nitro groups is 1. The van der Waals surface area contributed by atoms with E-state index in [0.29, 0.717) is 25.4 Å². The predicted molar refractivity (Wildman–Crippen MR) is 89.5 cm³/mol. The van der Waals surface area contributed by atoms with E-state index < -0.39 is 4.92 Å². The van der Waals surface area contributed by atoms with Crippen molar-refractivity contribution in [2.24, 2.45) is 0 Å². The fourth-order valence-electron chi connectivity index (χ4n) is 2.63. The summed E-state index contributed by atoms with van der Waals surface area (Å²) in [6.45, 7) is 1.48. The number of hydrogen-bond donors (Lipinski definition) is 1. The SMILES string of the molecule is CNC(=O)c1ccc(N2CCOC(c3nccs3)C2)c([N+](=O)[O-])c1. The molecule has 0 radical (unpaired) electrons. The van der Waals surface area contributed by atoms with Gasteiger partial charge in [-0.2, -0.15) is 0 Å². The molecule has 2 heterocycles. The molecule has 1 atom stereocenters. The first-order chi connectivity index (χ1) is 11.6. The number of benzene rings is 1. The molecular weight excluding hydrogens is 332 g/mol. The highest BCUT2D eigenvalue weighted by Crippen LogP contribution is 2.33. The number of amides is 1. The Balaban J connectivity index is 1.90. The van der Waals surface area contributed by atoms with E-state index in [1.165, 1.54) is 24.5 Å². The Hall–Kier alpha value is -2.52. The summed E-state index contributed by atoms with van der Waals surface area (Å²) in [6.07, 6.45) is 1.50. The van der Waals surface area contributed by atoms with Crippen LogP contribution in [-0.2, 0) is 4.74 Å². The van der Waals surface area contributed by atoms with Crippen LogP contribution in [0.25, 0.3) is 0 Å². The lowest BCUT2D eigenvalue weighted by Crippen LogP contribution is -2.38.